The van der Waals surface area contributed by atoms with Gasteiger partial charge in [-0.3, -0.25) is 9.69 Å². The Morgan fingerprint density at radius 1 is 0.958 bits per heavy atom. The van der Waals surface area contributed by atoms with Crippen molar-refractivity contribution in [2.45, 2.75) is 53.1 Å². The topological polar surface area (TPSA) is 20.3 Å². The van der Waals surface area contributed by atoms with Crippen molar-refractivity contribution in [2.24, 2.45) is 0 Å². The summed E-state index contributed by atoms with van der Waals surface area (Å²) in [6.07, 6.45) is 0. The average Bonchev–Trinajstić information content (AvgIpc) is 2.54. The molecule has 0 aliphatic carbocycles. The Kier molecular flexibility index (Phi) is 5.95. The van der Waals surface area contributed by atoms with E-state index in [9.17, 15) is 4.79 Å². The van der Waals surface area contributed by atoms with Crippen LogP contribution in [0.5, 0.6) is 0 Å². The van der Waals surface area contributed by atoms with Crippen LogP contribution in [0.4, 0.5) is 0 Å². The Morgan fingerprint density at radius 3 is 2.12 bits per heavy atom. The summed E-state index contributed by atoms with van der Waals surface area (Å²) in [7, 11) is 0. The summed E-state index contributed by atoms with van der Waals surface area (Å²) in [6, 6.07) is 16.9. The molecule has 0 spiro atoms. The van der Waals surface area contributed by atoms with Crippen LogP contribution in [0.2, 0.25) is 0 Å². The monoisotopic (exact) mass is 323 g/mol. The van der Waals surface area contributed by atoms with Crippen molar-refractivity contribution in [3.05, 3.63) is 70.8 Å². The number of benzene rings is 2. The lowest BCUT2D eigenvalue weighted by Crippen LogP contribution is -2.22. The number of hydrogen-bond donors (Lipinski definition) is 0. The van der Waals surface area contributed by atoms with Gasteiger partial charge >= 0.3 is 0 Å². The van der Waals surface area contributed by atoms with Crippen molar-refractivity contribution in [1.29, 1.82) is 0 Å². The Morgan fingerprint density at radius 2 is 1.58 bits per heavy atom. The maximum atomic E-state index is 11.5. The summed E-state index contributed by atoms with van der Waals surface area (Å²) in [5.74, 6) is 0.123. The van der Waals surface area contributed by atoms with Gasteiger partial charge in [0.25, 0.3) is 0 Å². The lowest BCUT2D eigenvalue weighted by Gasteiger charge is -2.22. The molecule has 0 saturated carbocycles. The second-order valence-corrected chi connectivity index (χ2v) is 7.51. The number of hydrogen-bond acceptors (Lipinski definition) is 2. The van der Waals surface area contributed by atoms with E-state index in [2.05, 4.69) is 62.9 Å². The van der Waals surface area contributed by atoms with Crippen LogP contribution in [0.25, 0.3) is 0 Å². The van der Waals surface area contributed by atoms with Gasteiger partial charge in [-0.1, -0.05) is 70.2 Å². The van der Waals surface area contributed by atoms with E-state index in [1.165, 1.54) is 16.7 Å². The predicted molar refractivity (Wildman–Crippen MR) is 101 cm³/mol. The van der Waals surface area contributed by atoms with E-state index in [0.29, 0.717) is 0 Å². The first-order valence-electron chi connectivity index (χ1n) is 8.71. The third-order valence-electron chi connectivity index (χ3n) is 4.41. The van der Waals surface area contributed by atoms with Gasteiger partial charge in [0.1, 0.15) is 0 Å². The maximum Gasteiger partial charge on any atom is 0.159 e. The molecular formula is C22H29NO. The Bertz CT molecular complexity index is 680. The fourth-order valence-corrected chi connectivity index (χ4v) is 2.79. The lowest BCUT2D eigenvalue weighted by atomic mass is 9.87. The van der Waals surface area contributed by atoms with E-state index in [1.54, 1.807) is 6.92 Å². The van der Waals surface area contributed by atoms with Crippen LogP contribution in [-0.2, 0) is 18.5 Å². The summed E-state index contributed by atoms with van der Waals surface area (Å²) < 4.78 is 0. The van der Waals surface area contributed by atoms with E-state index in [4.69, 9.17) is 0 Å². The number of ketones is 1. The Labute approximate surface area is 146 Å². The molecule has 0 heterocycles. The van der Waals surface area contributed by atoms with Crippen LogP contribution in [-0.4, -0.2) is 17.2 Å². The quantitative estimate of drug-likeness (QED) is 0.680. The minimum Gasteiger partial charge on any atom is -0.295 e. The van der Waals surface area contributed by atoms with Crippen LogP contribution in [0.15, 0.2) is 48.5 Å². The van der Waals surface area contributed by atoms with E-state index in [0.717, 1.165) is 25.2 Å². The van der Waals surface area contributed by atoms with Crippen molar-refractivity contribution in [1.82, 2.24) is 4.90 Å². The summed E-state index contributed by atoms with van der Waals surface area (Å²) in [5.41, 5.74) is 4.86. The fourth-order valence-electron chi connectivity index (χ4n) is 2.79. The smallest absolute Gasteiger partial charge is 0.159 e. The first-order valence-corrected chi connectivity index (χ1v) is 8.71. The van der Waals surface area contributed by atoms with Crippen molar-refractivity contribution < 1.29 is 4.79 Å². The van der Waals surface area contributed by atoms with Crippen LogP contribution in [0, 0.1) is 0 Å². The molecule has 0 aliphatic heterocycles. The summed E-state index contributed by atoms with van der Waals surface area (Å²) >= 11 is 0. The molecule has 0 aliphatic rings. The van der Waals surface area contributed by atoms with Gasteiger partial charge < -0.3 is 0 Å². The molecule has 0 atom stereocenters. The molecule has 2 aromatic rings. The molecule has 0 saturated heterocycles. The molecule has 0 aromatic heterocycles. The summed E-state index contributed by atoms with van der Waals surface area (Å²) in [4.78, 5) is 13.9. The number of rotatable bonds is 6. The van der Waals surface area contributed by atoms with Gasteiger partial charge in [-0.2, -0.15) is 0 Å². The lowest BCUT2D eigenvalue weighted by molar-refractivity contribution is 0.101. The standard InChI is InChI=1S/C22H29NO/c1-6-23(16-19-8-7-9-20(14-19)17(2)24)15-18-10-12-21(13-11-18)22(3,4)5/h7-14H,6,15-16H2,1-5H3. The molecule has 2 heteroatoms. The van der Waals surface area contributed by atoms with E-state index in [1.807, 2.05) is 18.2 Å². The van der Waals surface area contributed by atoms with Crippen LogP contribution >= 0.6 is 0 Å². The third kappa shape index (κ3) is 5.04. The van der Waals surface area contributed by atoms with Crippen LogP contribution in [0.3, 0.4) is 0 Å². The minimum absolute atomic E-state index is 0.123. The van der Waals surface area contributed by atoms with E-state index in [-0.39, 0.29) is 11.2 Å². The highest BCUT2D eigenvalue weighted by Gasteiger charge is 2.13. The van der Waals surface area contributed by atoms with Gasteiger partial charge in [-0.15, -0.1) is 0 Å². The van der Waals surface area contributed by atoms with Gasteiger partial charge in [0.05, 0.1) is 0 Å². The largest absolute Gasteiger partial charge is 0.295 e. The van der Waals surface area contributed by atoms with Crippen molar-refractivity contribution >= 4 is 5.78 Å². The average molecular weight is 323 g/mol. The number of Topliss-reactive ketones (excluding diaryl/α,β-unsaturated/α-hetero) is 1. The van der Waals surface area contributed by atoms with Gasteiger partial charge in [0.15, 0.2) is 5.78 Å². The van der Waals surface area contributed by atoms with Gasteiger partial charge in [-0.05, 0) is 41.6 Å². The zero-order chi connectivity index (χ0) is 17.7. The predicted octanol–water partition coefficient (Wildman–Crippen LogP) is 5.21. The highest BCUT2D eigenvalue weighted by Crippen LogP contribution is 2.22. The van der Waals surface area contributed by atoms with Gasteiger partial charge in [0.2, 0.25) is 0 Å². The van der Waals surface area contributed by atoms with Crippen LogP contribution < -0.4 is 0 Å². The molecule has 2 nitrogen and oxygen atoms in total. The highest BCUT2D eigenvalue weighted by atomic mass is 16.1. The number of nitrogens with zero attached hydrogens (tertiary/aromatic N) is 1. The summed E-state index contributed by atoms with van der Waals surface area (Å²) in [5, 5.41) is 0. The molecule has 0 radical (unpaired) electrons. The van der Waals surface area contributed by atoms with E-state index >= 15 is 0 Å². The van der Waals surface area contributed by atoms with Crippen molar-refractivity contribution in [2.75, 3.05) is 6.54 Å². The Balaban J connectivity index is 2.07. The van der Waals surface area contributed by atoms with Gasteiger partial charge in [0, 0.05) is 18.7 Å². The fraction of sp³-hybridized carbons (Fsp3) is 0.409. The molecule has 2 aromatic carbocycles. The van der Waals surface area contributed by atoms with Gasteiger partial charge in [-0.25, -0.2) is 0 Å². The zero-order valence-electron chi connectivity index (χ0n) is 15.6. The maximum absolute atomic E-state index is 11.5. The summed E-state index contributed by atoms with van der Waals surface area (Å²) in [6.45, 7) is 13.3. The first kappa shape index (κ1) is 18.4. The second kappa shape index (κ2) is 7.76. The van der Waals surface area contributed by atoms with Crippen molar-refractivity contribution in [3.8, 4) is 0 Å². The number of carbonyl (C=O) groups is 1. The molecule has 0 fully saturated rings. The SMILES string of the molecule is CCN(Cc1ccc(C(C)(C)C)cc1)Cc1cccc(C(C)=O)c1. The van der Waals surface area contributed by atoms with E-state index < -0.39 is 0 Å². The normalized spacial score (nSPS) is 11.8. The molecule has 2 rings (SSSR count). The first-order chi connectivity index (χ1) is 11.3. The van der Waals surface area contributed by atoms with Crippen molar-refractivity contribution in [3.63, 3.8) is 0 Å². The molecule has 0 N–H and O–H groups in total. The number of carbonyl (C=O) groups excluding carboxylic acids is 1. The molecule has 0 unspecified atom stereocenters. The molecular weight excluding hydrogens is 294 g/mol. The Hall–Kier alpha value is -1.93. The zero-order valence-corrected chi connectivity index (χ0v) is 15.6. The molecule has 128 valence electrons. The third-order valence-corrected chi connectivity index (χ3v) is 4.41. The molecule has 24 heavy (non-hydrogen) atoms. The van der Waals surface area contributed by atoms with Crippen LogP contribution in [0.1, 0.15) is 61.7 Å². The minimum atomic E-state index is 0.123. The highest BCUT2D eigenvalue weighted by molar-refractivity contribution is 5.94. The molecule has 0 bridgehead atoms. The second-order valence-electron chi connectivity index (χ2n) is 7.51. The molecule has 0 amide bonds.